The molecule has 0 saturated heterocycles. The Labute approximate surface area is 156 Å². The van der Waals surface area contributed by atoms with E-state index in [4.69, 9.17) is 10.5 Å². The minimum atomic E-state index is -0.566. The number of rotatable bonds is 3. The van der Waals surface area contributed by atoms with E-state index >= 15 is 0 Å². The third-order valence-electron chi connectivity index (χ3n) is 4.31. The number of pyridine rings is 1. The number of ether oxygens (including phenoxy) is 1. The van der Waals surface area contributed by atoms with Crippen LogP contribution in [-0.2, 0) is 0 Å². The maximum Gasteiger partial charge on any atom is 0.275 e. The minimum absolute atomic E-state index is 0.00355. The number of nitriles is 2. The molecule has 0 amide bonds. The van der Waals surface area contributed by atoms with Gasteiger partial charge in [0, 0.05) is 5.56 Å². The summed E-state index contributed by atoms with van der Waals surface area (Å²) in [6, 6.07) is 17.9. The number of methoxy groups -OCH3 is 1. The molecule has 0 aliphatic rings. The number of anilines is 1. The van der Waals surface area contributed by atoms with Crippen LogP contribution >= 0.6 is 0 Å². The Bertz CT molecular complexity index is 1150. The van der Waals surface area contributed by atoms with Crippen molar-refractivity contribution >= 4 is 5.82 Å². The molecule has 27 heavy (non-hydrogen) atoms. The Kier molecular flexibility index (Phi) is 4.66. The zero-order valence-corrected chi connectivity index (χ0v) is 14.9. The van der Waals surface area contributed by atoms with Gasteiger partial charge in [-0.3, -0.25) is 9.36 Å². The monoisotopic (exact) mass is 356 g/mol. The SMILES string of the molecule is COc1ccc(-c2c(C#N)c(N)n(-c3ccc(C)cc3)c(=O)c2C#N)cc1. The fourth-order valence-electron chi connectivity index (χ4n) is 2.91. The molecular formula is C21H16N4O2. The summed E-state index contributed by atoms with van der Waals surface area (Å²) in [5.74, 6) is 0.618. The third kappa shape index (κ3) is 3.01. The fourth-order valence-corrected chi connectivity index (χ4v) is 2.91. The van der Waals surface area contributed by atoms with Gasteiger partial charge in [-0.05, 0) is 36.8 Å². The van der Waals surface area contributed by atoms with Gasteiger partial charge in [0.05, 0.1) is 12.8 Å². The van der Waals surface area contributed by atoms with Crippen molar-refractivity contribution in [2.75, 3.05) is 12.8 Å². The summed E-state index contributed by atoms with van der Waals surface area (Å²) in [5.41, 5.74) is 7.86. The Balaban J connectivity index is 2.37. The smallest absolute Gasteiger partial charge is 0.275 e. The largest absolute Gasteiger partial charge is 0.497 e. The van der Waals surface area contributed by atoms with E-state index in [1.165, 1.54) is 11.7 Å². The quantitative estimate of drug-likeness (QED) is 0.776. The van der Waals surface area contributed by atoms with Gasteiger partial charge in [0.15, 0.2) is 0 Å². The Hall–Kier alpha value is -4.03. The highest BCUT2D eigenvalue weighted by atomic mass is 16.5. The van der Waals surface area contributed by atoms with Crippen molar-refractivity contribution in [2.24, 2.45) is 0 Å². The molecule has 0 unspecified atom stereocenters. The van der Waals surface area contributed by atoms with Crippen LogP contribution in [-0.4, -0.2) is 11.7 Å². The molecule has 0 atom stereocenters. The van der Waals surface area contributed by atoms with Crippen molar-refractivity contribution in [3.8, 4) is 34.7 Å². The lowest BCUT2D eigenvalue weighted by Crippen LogP contribution is -2.26. The standard InChI is InChI=1S/C21H16N4O2/c1-13-3-7-15(8-4-13)25-20(24)17(11-22)19(18(12-23)21(25)26)14-5-9-16(27-2)10-6-14/h3-10H,24H2,1-2H3. The zero-order valence-electron chi connectivity index (χ0n) is 14.9. The normalized spacial score (nSPS) is 10.1. The molecule has 0 radical (unpaired) electrons. The van der Waals surface area contributed by atoms with Gasteiger partial charge >= 0.3 is 0 Å². The molecule has 0 aliphatic heterocycles. The lowest BCUT2D eigenvalue weighted by molar-refractivity contribution is 0.415. The number of nitrogens with zero attached hydrogens (tertiary/aromatic N) is 3. The third-order valence-corrected chi connectivity index (χ3v) is 4.31. The molecule has 6 heteroatoms. The molecule has 0 saturated carbocycles. The molecule has 0 fully saturated rings. The van der Waals surface area contributed by atoms with Gasteiger partial charge in [-0.1, -0.05) is 29.8 Å². The first-order valence-electron chi connectivity index (χ1n) is 8.12. The average molecular weight is 356 g/mol. The summed E-state index contributed by atoms with van der Waals surface area (Å²) < 4.78 is 6.33. The summed E-state index contributed by atoms with van der Waals surface area (Å²) in [5, 5.41) is 19.4. The van der Waals surface area contributed by atoms with Crippen LogP contribution in [0.4, 0.5) is 5.82 Å². The highest BCUT2D eigenvalue weighted by molar-refractivity contribution is 5.81. The van der Waals surface area contributed by atoms with Crippen LogP contribution in [0.25, 0.3) is 16.8 Å². The van der Waals surface area contributed by atoms with Crippen LogP contribution in [0.5, 0.6) is 5.75 Å². The minimum Gasteiger partial charge on any atom is -0.497 e. The van der Waals surface area contributed by atoms with Crippen LogP contribution in [0.15, 0.2) is 53.3 Å². The van der Waals surface area contributed by atoms with Gasteiger partial charge in [0.25, 0.3) is 5.56 Å². The van der Waals surface area contributed by atoms with Crippen LogP contribution < -0.4 is 16.0 Å². The molecule has 1 heterocycles. The molecule has 3 aromatic rings. The topological polar surface area (TPSA) is 105 Å². The van der Waals surface area contributed by atoms with E-state index in [0.29, 0.717) is 17.0 Å². The van der Waals surface area contributed by atoms with E-state index in [9.17, 15) is 15.3 Å². The van der Waals surface area contributed by atoms with Gasteiger partial charge in [-0.15, -0.1) is 0 Å². The molecule has 3 rings (SSSR count). The highest BCUT2D eigenvalue weighted by Gasteiger charge is 2.22. The Morgan fingerprint density at radius 1 is 0.963 bits per heavy atom. The number of hydrogen-bond donors (Lipinski definition) is 1. The molecule has 0 spiro atoms. The van der Waals surface area contributed by atoms with E-state index in [-0.39, 0.29) is 22.5 Å². The van der Waals surface area contributed by atoms with Crippen molar-refractivity contribution in [1.82, 2.24) is 4.57 Å². The number of benzene rings is 2. The van der Waals surface area contributed by atoms with Crippen molar-refractivity contribution in [1.29, 1.82) is 10.5 Å². The van der Waals surface area contributed by atoms with E-state index in [1.807, 2.05) is 31.2 Å². The van der Waals surface area contributed by atoms with Crippen molar-refractivity contribution in [3.05, 3.63) is 75.6 Å². The molecule has 2 N–H and O–H groups in total. The van der Waals surface area contributed by atoms with Crippen LogP contribution in [0, 0.1) is 29.6 Å². The van der Waals surface area contributed by atoms with E-state index in [2.05, 4.69) is 0 Å². The first kappa shape index (κ1) is 17.8. The molecule has 6 nitrogen and oxygen atoms in total. The Morgan fingerprint density at radius 3 is 2.07 bits per heavy atom. The summed E-state index contributed by atoms with van der Waals surface area (Å²) in [4.78, 5) is 13.0. The van der Waals surface area contributed by atoms with Gasteiger partial charge in [-0.25, -0.2) is 0 Å². The first-order chi connectivity index (χ1) is 13.0. The average Bonchev–Trinajstić information content (AvgIpc) is 2.69. The molecule has 0 bridgehead atoms. The molecule has 0 aliphatic carbocycles. The summed E-state index contributed by atoms with van der Waals surface area (Å²) in [6.07, 6.45) is 0. The van der Waals surface area contributed by atoms with E-state index in [0.717, 1.165) is 5.56 Å². The van der Waals surface area contributed by atoms with E-state index < -0.39 is 5.56 Å². The highest BCUT2D eigenvalue weighted by Crippen LogP contribution is 2.31. The molecular weight excluding hydrogens is 340 g/mol. The number of aromatic nitrogens is 1. The second-order valence-electron chi connectivity index (χ2n) is 5.94. The lowest BCUT2D eigenvalue weighted by Gasteiger charge is -2.16. The van der Waals surface area contributed by atoms with Gasteiger partial charge in [-0.2, -0.15) is 10.5 Å². The summed E-state index contributed by atoms with van der Waals surface area (Å²) in [7, 11) is 1.54. The maximum absolute atomic E-state index is 13.0. The number of hydrogen-bond acceptors (Lipinski definition) is 5. The molecule has 2 aromatic carbocycles. The predicted octanol–water partition coefficient (Wildman–Crippen LogP) is 3.15. The second kappa shape index (κ2) is 7.07. The number of nitrogen functional groups attached to an aromatic ring is 1. The van der Waals surface area contributed by atoms with Crippen molar-refractivity contribution in [3.63, 3.8) is 0 Å². The second-order valence-corrected chi connectivity index (χ2v) is 5.94. The number of aryl methyl sites for hydroxylation is 1. The maximum atomic E-state index is 13.0. The number of nitrogens with two attached hydrogens (primary N) is 1. The van der Waals surface area contributed by atoms with Crippen LogP contribution in [0.2, 0.25) is 0 Å². The Morgan fingerprint density at radius 2 is 1.56 bits per heavy atom. The van der Waals surface area contributed by atoms with Crippen molar-refractivity contribution < 1.29 is 4.74 Å². The predicted molar refractivity (Wildman–Crippen MR) is 103 cm³/mol. The van der Waals surface area contributed by atoms with Gasteiger partial charge in [0.2, 0.25) is 0 Å². The summed E-state index contributed by atoms with van der Waals surface area (Å²) in [6.45, 7) is 1.92. The first-order valence-corrected chi connectivity index (χ1v) is 8.12. The van der Waals surface area contributed by atoms with Crippen molar-refractivity contribution in [2.45, 2.75) is 6.92 Å². The lowest BCUT2D eigenvalue weighted by atomic mass is 9.96. The molecule has 1 aromatic heterocycles. The molecule has 132 valence electrons. The van der Waals surface area contributed by atoms with Crippen LogP contribution in [0.3, 0.4) is 0 Å². The fraction of sp³-hybridized carbons (Fsp3) is 0.0952. The van der Waals surface area contributed by atoms with Gasteiger partial charge < -0.3 is 10.5 Å². The zero-order chi connectivity index (χ0) is 19.6. The van der Waals surface area contributed by atoms with Crippen LogP contribution in [0.1, 0.15) is 16.7 Å². The van der Waals surface area contributed by atoms with E-state index in [1.54, 1.807) is 36.4 Å². The van der Waals surface area contributed by atoms with Gasteiger partial charge in [0.1, 0.15) is 34.8 Å². The summed E-state index contributed by atoms with van der Waals surface area (Å²) >= 11 is 0.